The van der Waals surface area contributed by atoms with Crippen LogP contribution in [0.3, 0.4) is 0 Å². The van der Waals surface area contributed by atoms with E-state index in [4.69, 9.17) is 0 Å². The van der Waals surface area contributed by atoms with Gasteiger partial charge in [-0.05, 0) is 151 Å². The SMILES string of the molecule is c1ccc(N(c2ccccc2)c2ccc3c(c2)c2cc(N(c4ccccc4)c4ccccc4)ccc2n3-c2ccc(-c3cc(N4NNc5ccccc54)cc(-n4nnc5ccccc54)c3)cc2)cc1. The average molecular weight is 890 g/mol. The maximum Gasteiger partial charge on any atom is 0.113 e. The number of nitrogens with zero attached hydrogens (tertiary/aromatic N) is 7. The Morgan fingerprint density at radius 3 is 1.45 bits per heavy atom. The van der Waals surface area contributed by atoms with Crippen molar-refractivity contribution >= 4 is 84.0 Å². The van der Waals surface area contributed by atoms with E-state index in [2.05, 4.69) is 265 Å². The van der Waals surface area contributed by atoms with Crippen LogP contribution in [0, 0.1) is 0 Å². The van der Waals surface area contributed by atoms with Gasteiger partial charge in [-0.3, -0.25) is 5.01 Å². The molecule has 0 aliphatic carbocycles. The molecule has 69 heavy (non-hydrogen) atoms. The summed E-state index contributed by atoms with van der Waals surface area (Å²) in [5, 5.41) is 13.5. The minimum absolute atomic E-state index is 0.839. The molecule has 12 aromatic rings. The van der Waals surface area contributed by atoms with Gasteiger partial charge in [0.25, 0.3) is 0 Å². The molecule has 9 nitrogen and oxygen atoms in total. The van der Waals surface area contributed by atoms with Crippen molar-refractivity contribution in [1.82, 2.24) is 25.1 Å². The topological polar surface area (TPSA) is 69.4 Å². The lowest BCUT2D eigenvalue weighted by Gasteiger charge is -2.26. The lowest BCUT2D eigenvalue weighted by molar-refractivity contribution is 0.820. The zero-order valence-corrected chi connectivity index (χ0v) is 37.3. The smallest absolute Gasteiger partial charge is 0.113 e. The van der Waals surface area contributed by atoms with Gasteiger partial charge in [-0.15, -0.1) is 10.6 Å². The van der Waals surface area contributed by atoms with Crippen LogP contribution in [0.1, 0.15) is 0 Å². The van der Waals surface area contributed by atoms with Gasteiger partial charge in [0.2, 0.25) is 0 Å². The van der Waals surface area contributed by atoms with Crippen LogP contribution in [-0.4, -0.2) is 19.6 Å². The van der Waals surface area contributed by atoms with Gasteiger partial charge in [0.15, 0.2) is 0 Å². The molecule has 3 heterocycles. The predicted octanol–water partition coefficient (Wildman–Crippen LogP) is 15.1. The first kappa shape index (κ1) is 39.9. The van der Waals surface area contributed by atoms with Crippen molar-refractivity contribution in [1.29, 1.82) is 0 Å². The van der Waals surface area contributed by atoms with Crippen LogP contribution in [0.15, 0.2) is 249 Å². The Kier molecular flexibility index (Phi) is 9.69. The third-order valence-electron chi connectivity index (χ3n) is 13.0. The van der Waals surface area contributed by atoms with Crippen LogP contribution in [0.25, 0.3) is 55.3 Å². The van der Waals surface area contributed by atoms with Gasteiger partial charge in [-0.1, -0.05) is 114 Å². The van der Waals surface area contributed by atoms with Crippen LogP contribution in [0.5, 0.6) is 0 Å². The van der Waals surface area contributed by atoms with Crippen LogP contribution >= 0.6 is 0 Å². The molecule has 0 radical (unpaired) electrons. The largest absolute Gasteiger partial charge is 0.310 e. The minimum Gasteiger partial charge on any atom is -0.310 e. The van der Waals surface area contributed by atoms with Crippen molar-refractivity contribution in [2.45, 2.75) is 0 Å². The zero-order valence-electron chi connectivity index (χ0n) is 37.3. The van der Waals surface area contributed by atoms with Crippen molar-refractivity contribution in [3.63, 3.8) is 0 Å². The van der Waals surface area contributed by atoms with E-state index in [0.717, 1.165) is 107 Å². The van der Waals surface area contributed by atoms with Crippen LogP contribution in [0.2, 0.25) is 0 Å². The number of hydrazine groups is 2. The number of hydrogen-bond donors (Lipinski definition) is 2. The Bertz CT molecular complexity index is 3580. The Morgan fingerprint density at radius 1 is 0.362 bits per heavy atom. The van der Waals surface area contributed by atoms with Gasteiger partial charge in [0.05, 0.1) is 39.3 Å². The fourth-order valence-corrected chi connectivity index (χ4v) is 9.79. The van der Waals surface area contributed by atoms with E-state index >= 15 is 0 Å². The summed E-state index contributed by atoms with van der Waals surface area (Å²) in [6.07, 6.45) is 0. The Hall–Kier alpha value is -9.44. The van der Waals surface area contributed by atoms with E-state index in [0.29, 0.717) is 0 Å². The minimum atomic E-state index is 0.839. The van der Waals surface area contributed by atoms with Gasteiger partial charge in [-0.2, -0.15) is 0 Å². The summed E-state index contributed by atoms with van der Waals surface area (Å²) >= 11 is 0. The molecule has 0 saturated carbocycles. The summed E-state index contributed by atoms with van der Waals surface area (Å²) in [4.78, 5) is 4.66. The second-order valence-electron chi connectivity index (χ2n) is 17.1. The van der Waals surface area contributed by atoms with Crippen molar-refractivity contribution < 1.29 is 0 Å². The third kappa shape index (κ3) is 7.09. The number of fused-ring (bicyclic) bond motifs is 5. The Balaban J connectivity index is 0.975. The van der Waals surface area contributed by atoms with Gasteiger partial charge >= 0.3 is 0 Å². The van der Waals surface area contributed by atoms with E-state index in [-0.39, 0.29) is 0 Å². The number of nitrogens with one attached hydrogen (secondary N) is 2. The number of anilines is 9. The molecule has 0 unspecified atom stereocenters. The molecule has 0 fully saturated rings. The zero-order chi connectivity index (χ0) is 45.7. The van der Waals surface area contributed by atoms with E-state index < -0.39 is 0 Å². The molecule has 328 valence electrons. The molecule has 0 bridgehead atoms. The molecule has 13 rings (SSSR count). The predicted molar refractivity (Wildman–Crippen MR) is 283 cm³/mol. The molecular formula is C60H43N9. The highest BCUT2D eigenvalue weighted by atomic mass is 15.7. The van der Waals surface area contributed by atoms with Gasteiger partial charge in [-0.25, -0.2) is 4.68 Å². The molecule has 2 aromatic heterocycles. The van der Waals surface area contributed by atoms with E-state index in [1.807, 2.05) is 28.9 Å². The summed E-state index contributed by atoms with van der Waals surface area (Å²) in [5.41, 5.74) is 24.3. The molecule has 0 spiro atoms. The number of aromatic nitrogens is 4. The lowest BCUT2D eigenvalue weighted by atomic mass is 10.0. The number of rotatable bonds is 10. The normalized spacial score (nSPS) is 12.1. The number of benzene rings is 10. The second kappa shape index (κ2) is 16.8. The standard InChI is InChI=1S/C60H43N9/c1-5-17-44(18-6-1)65(45-19-7-2-8-20-45)49-33-35-57-53(40-49)54-41-50(66(46-21-9-3-10-22-46)47-23-11-4-12-24-47)34-36-58(54)67(57)48-31-29-42(30-32-48)43-37-51(68-59-27-15-13-25-55(59)61-63-68)39-52(38-43)69-60-28-16-14-26-56(60)62-64-69/h1-41,61,63H. The second-order valence-corrected chi connectivity index (χ2v) is 17.1. The lowest BCUT2D eigenvalue weighted by Crippen LogP contribution is -2.31. The van der Waals surface area contributed by atoms with Crippen LogP contribution < -0.4 is 25.8 Å². The van der Waals surface area contributed by atoms with E-state index in [1.165, 1.54) is 0 Å². The van der Waals surface area contributed by atoms with Crippen molar-refractivity contribution in [3.05, 3.63) is 249 Å². The molecule has 1 aliphatic heterocycles. The molecule has 10 aromatic carbocycles. The maximum atomic E-state index is 4.62. The fraction of sp³-hybridized carbons (Fsp3) is 0. The summed E-state index contributed by atoms with van der Waals surface area (Å²) in [6.45, 7) is 0. The van der Waals surface area contributed by atoms with E-state index in [1.54, 1.807) is 0 Å². The monoisotopic (exact) mass is 889 g/mol. The van der Waals surface area contributed by atoms with Gasteiger partial charge in [0, 0.05) is 50.6 Å². The molecule has 2 N–H and O–H groups in total. The van der Waals surface area contributed by atoms with Crippen LogP contribution in [0.4, 0.5) is 51.2 Å². The average Bonchev–Trinajstić information content (AvgIpc) is 4.14. The number of hydrogen-bond acceptors (Lipinski definition) is 7. The first-order chi connectivity index (χ1) is 34.2. The maximum absolute atomic E-state index is 4.62. The quantitative estimate of drug-likeness (QED) is 0.142. The Labute approximate surface area is 398 Å². The molecule has 0 amide bonds. The molecular weight excluding hydrogens is 847 g/mol. The van der Waals surface area contributed by atoms with Gasteiger partial charge < -0.3 is 19.8 Å². The summed E-state index contributed by atoms with van der Waals surface area (Å²) < 4.78 is 4.31. The summed E-state index contributed by atoms with van der Waals surface area (Å²) in [7, 11) is 0. The molecule has 0 saturated heterocycles. The highest BCUT2D eigenvalue weighted by Crippen LogP contribution is 2.44. The summed E-state index contributed by atoms with van der Waals surface area (Å²) in [6, 6.07) is 87.9. The Morgan fingerprint density at radius 2 is 0.870 bits per heavy atom. The van der Waals surface area contributed by atoms with Crippen LogP contribution in [-0.2, 0) is 0 Å². The van der Waals surface area contributed by atoms with Crippen molar-refractivity contribution in [2.24, 2.45) is 0 Å². The summed E-state index contributed by atoms with van der Waals surface area (Å²) in [5.74, 6) is 0. The fourth-order valence-electron chi connectivity index (χ4n) is 9.79. The first-order valence-corrected chi connectivity index (χ1v) is 23.1. The van der Waals surface area contributed by atoms with Crippen molar-refractivity contribution in [2.75, 3.05) is 20.2 Å². The van der Waals surface area contributed by atoms with Crippen molar-refractivity contribution in [3.8, 4) is 22.5 Å². The molecule has 0 atom stereocenters. The third-order valence-corrected chi connectivity index (χ3v) is 13.0. The van der Waals surface area contributed by atoms with Gasteiger partial charge in [0.1, 0.15) is 5.52 Å². The molecule has 9 heteroatoms. The van der Waals surface area contributed by atoms with E-state index in [9.17, 15) is 0 Å². The highest BCUT2D eigenvalue weighted by molar-refractivity contribution is 6.12. The number of para-hydroxylation sites is 7. The highest BCUT2D eigenvalue weighted by Gasteiger charge is 2.23. The first-order valence-electron chi connectivity index (χ1n) is 23.1. The molecule has 1 aliphatic rings.